The molecule has 0 N–H and O–H groups in total. The third kappa shape index (κ3) is 4.05. The van der Waals surface area contributed by atoms with Crippen molar-refractivity contribution in [2.45, 2.75) is 25.9 Å². The minimum Gasteiger partial charge on any atom is -0.466 e. The minimum atomic E-state index is -1.76. The van der Waals surface area contributed by atoms with Gasteiger partial charge in [0.2, 0.25) is 0 Å². The lowest BCUT2D eigenvalue weighted by Gasteiger charge is -2.28. The van der Waals surface area contributed by atoms with Gasteiger partial charge in [0.05, 0.1) is 6.61 Å². The zero-order chi connectivity index (χ0) is 15.1. The standard InChI is InChI=1S/C18H22O2Si/c1-16(19)20-14-9-15-21(2,17-10-5-3-6-11-17)18-12-7-4-8-13-18/h3-8,10-13H,9,14-15H2,1-2H3. The van der Waals surface area contributed by atoms with Crippen LogP contribution in [0.2, 0.25) is 12.6 Å². The van der Waals surface area contributed by atoms with Crippen molar-refractivity contribution in [3.05, 3.63) is 60.7 Å². The second kappa shape index (κ2) is 7.23. The summed E-state index contributed by atoms with van der Waals surface area (Å²) in [5, 5.41) is 2.86. The molecule has 0 atom stereocenters. The topological polar surface area (TPSA) is 26.3 Å². The molecule has 0 spiro atoms. The van der Waals surface area contributed by atoms with E-state index in [9.17, 15) is 4.79 Å². The van der Waals surface area contributed by atoms with Gasteiger partial charge < -0.3 is 4.74 Å². The molecule has 0 bridgehead atoms. The van der Waals surface area contributed by atoms with Gasteiger partial charge in [-0.3, -0.25) is 4.79 Å². The maximum atomic E-state index is 10.9. The summed E-state index contributed by atoms with van der Waals surface area (Å²) in [6.45, 7) is 4.37. The van der Waals surface area contributed by atoms with Crippen LogP contribution in [0, 0.1) is 0 Å². The van der Waals surface area contributed by atoms with E-state index in [0.717, 1.165) is 12.5 Å². The molecule has 21 heavy (non-hydrogen) atoms. The molecule has 110 valence electrons. The monoisotopic (exact) mass is 298 g/mol. The number of hydrogen-bond donors (Lipinski definition) is 0. The highest BCUT2D eigenvalue weighted by molar-refractivity contribution is 7.01. The number of esters is 1. The average Bonchev–Trinajstić information content (AvgIpc) is 2.53. The Morgan fingerprint density at radius 1 is 0.952 bits per heavy atom. The third-order valence-electron chi connectivity index (χ3n) is 3.95. The van der Waals surface area contributed by atoms with Crippen molar-refractivity contribution >= 4 is 24.4 Å². The molecular weight excluding hydrogens is 276 g/mol. The largest absolute Gasteiger partial charge is 0.466 e. The zero-order valence-corrected chi connectivity index (χ0v) is 13.7. The van der Waals surface area contributed by atoms with Crippen molar-refractivity contribution in [3.8, 4) is 0 Å². The smallest absolute Gasteiger partial charge is 0.302 e. The molecule has 0 aliphatic rings. The summed E-state index contributed by atoms with van der Waals surface area (Å²) in [6.07, 6.45) is 0.909. The fraction of sp³-hybridized carbons (Fsp3) is 0.278. The summed E-state index contributed by atoms with van der Waals surface area (Å²) in [5.41, 5.74) is 0. The molecule has 0 saturated carbocycles. The van der Waals surface area contributed by atoms with E-state index < -0.39 is 8.07 Å². The van der Waals surface area contributed by atoms with E-state index in [2.05, 4.69) is 67.2 Å². The Bertz CT molecular complexity index is 527. The van der Waals surface area contributed by atoms with E-state index in [1.807, 2.05) is 0 Å². The van der Waals surface area contributed by atoms with Crippen LogP contribution in [0.25, 0.3) is 0 Å². The first kappa shape index (κ1) is 15.5. The molecule has 0 aliphatic heterocycles. The lowest BCUT2D eigenvalue weighted by molar-refractivity contribution is -0.140. The Balaban J connectivity index is 2.21. The van der Waals surface area contributed by atoms with Gasteiger partial charge in [0.1, 0.15) is 8.07 Å². The van der Waals surface area contributed by atoms with Crippen molar-refractivity contribution in [1.82, 2.24) is 0 Å². The van der Waals surface area contributed by atoms with E-state index >= 15 is 0 Å². The molecule has 2 aromatic rings. The van der Waals surface area contributed by atoms with Crippen LogP contribution in [0.3, 0.4) is 0 Å². The lowest BCUT2D eigenvalue weighted by atomic mass is 10.4. The average molecular weight is 298 g/mol. The first-order valence-corrected chi connectivity index (χ1v) is 10.1. The normalized spacial score (nSPS) is 11.1. The van der Waals surface area contributed by atoms with E-state index in [1.54, 1.807) is 0 Å². The Hall–Kier alpha value is -1.87. The highest BCUT2D eigenvalue weighted by Gasteiger charge is 2.30. The van der Waals surface area contributed by atoms with Gasteiger partial charge in [-0.25, -0.2) is 0 Å². The first-order valence-electron chi connectivity index (χ1n) is 7.37. The SMILES string of the molecule is CC(=O)OCCC[Si](C)(c1ccccc1)c1ccccc1. The first-order chi connectivity index (χ1) is 10.1. The van der Waals surface area contributed by atoms with Crippen LogP contribution in [0.4, 0.5) is 0 Å². The maximum Gasteiger partial charge on any atom is 0.302 e. The molecule has 2 aromatic carbocycles. The molecule has 0 heterocycles. The molecule has 2 rings (SSSR count). The Labute approximate surface area is 127 Å². The Morgan fingerprint density at radius 3 is 1.86 bits per heavy atom. The van der Waals surface area contributed by atoms with Crippen LogP contribution in [0.15, 0.2) is 60.7 Å². The van der Waals surface area contributed by atoms with Crippen molar-refractivity contribution in [2.75, 3.05) is 6.61 Å². The van der Waals surface area contributed by atoms with Crippen LogP contribution >= 0.6 is 0 Å². The van der Waals surface area contributed by atoms with Crippen molar-refractivity contribution in [2.24, 2.45) is 0 Å². The molecule has 0 aromatic heterocycles. The fourth-order valence-corrected chi connectivity index (χ4v) is 6.33. The second-order valence-electron chi connectivity index (χ2n) is 5.51. The van der Waals surface area contributed by atoms with Gasteiger partial charge >= 0.3 is 5.97 Å². The maximum absolute atomic E-state index is 10.9. The van der Waals surface area contributed by atoms with Crippen LogP contribution in [-0.2, 0) is 9.53 Å². The zero-order valence-electron chi connectivity index (χ0n) is 12.7. The van der Waals surface area contributed by atoms with Crippen molar-refractivity contribution in [1.29, 1.82) is 0 Å². The summed E-state index contributed by atoms with van der Waals surface area (Å²) in [4.78, 5) is 10.9. The predicted octanol–water partition coefficient (Wildman–Crippen LogP) is 2.83. The van der Waals surface area contributed by atoms with E-state index in [4.69, 9.17) is 4.74 Å². The van der Waals surface area contributed by atoms with Crippen LogP contribution < -0.4 is 10.4 Å². The number of benzene rings is 2. The highest BCUT2D eigenvalue weighted by atomic mass is 28.3. The molecule has 0 radical (unpaired) electrons. The molecule has 3 heteroatoms. The van der Waals surface area contributed by atoms with Gasteiger partial charge in [0.15, 0.2) is 0 Å². The van der Waals surface area contributed by atoms with Crippen LogP contribution in [0.1, 0.15) is 13.3 Å². The molecule has 0 amide bonds. The predicted molar refractivity (Wildman–Crippen MR) is 89.8 cm³/mol. The Morgan fingerprint density at radius 2 is 1.43 bits per heavy atom. The molecule has 0 fully saturated rings. The number of rotatable bonds is 6. The minimum absolute atomic E-state index is 0.196. The molecule has 2 nitrogen and oxygen atoms in total. The van der Waals surface area contributed by atoms with Gasteiger partial charge in [-0.1, -0.05) is 77.6 Å². The third-order valence-corrected chi connectivity index (χ3v) is 8.52. The summed E-state index contributed by atoms with van der Waals surface area (Å²) in [6, 6.07) is 22.5. The molecular formula is C18H22O2Si. The van der Waals surface area contributed by atoms with E-state index in [-0.39, 0.29) is 5.97 Å². The quantitative estimate of drug-likeness (QED) is 0.466. The van der Waals surface area contributed by atoms with Gasteiger partial charge in [0.25, 0.3) is 0 Å². The van der Waals surface area contributed by atoms with Crippen LogP contribution in [0.5, 0.6) is 0 Å². The van der Waals surface area contributed by atoms with E-state index in [1.165, 1.54) is 17.3 Å². The molecule has 0 unspecified atom stereocenters. The number of hydrogen-bond acceptors (Lipinski definition) is 2. The molecule has 0 aliphatic carbocycles. The summed E-state index contributed by atoms with van der Waals surface area (Å²) < 4.78 is 5.09. The number of carbonyl (C=O) groups is 1. The lowest BCUT2D eigenvalue weighted by Crippen LogP contribution is -2.55. The second-order valence-corrected chi connectivity index (χ2v) is 9.83. The van der Waals surface area contributed by atoms with E-state index in [0.29, 0.717) is 6.61 Å². The number of carbonyl (C=O) groups excluding carboxylic acids is 1. The van der Waals surface area contributed by atoms with Gasteiger partial charge in [-0.15, -0.1) is 0 Å². The summed E-state index contributed by atoms with van der Waals surface area (Å²) in [7, 11) is -1.76. The van der Waals surface area contributed by atoms with Crippen molar-refractivity contribution in [3.63, 3.8) is 0 Å². The Kier molecular flexibility index (Phi) is 5.34. The van der Waals surface area contributed by atoms with Gasteiger partial charge in [-0.05, 0) is 12.5 Å². The highest BCUT2D eigenvalue weighted by Crippen LogP contribution is 2.14. The van der Waals surface area contributed by atoms with Gasteiger partial charge in [0, 0.05) is 6.92 Å². The van der Waals surface area contributed by atoms with Gasteiger partial charge in [-0.2, -0.15) is 0 Å². The summed E-state index contributed by atoms with van der Waals surface area (Å²) >= 11 is 0. The van der Waals surface area contributed by atoms with Crippen LogP contribution in [-0.4, -0.2) is 20.7 Å². The van der Waals surface area contributed by atoms with Crippen molar-refractivity contribution < 1.29 is 9.53 Å². The number of ether oxygens (including phenoxy) is 1. The summed E-state index contributed by atoms with van der Waals surface area (Å²) in [5.74, 6) is -0.196. The molecule has 0 saturated heterocycles. The fourth-order valence-electron chi connectivity index (χ4n) is 2.71.